The van der Waals surface area contributed by atoms with E-state index in [1.807, 2.05) is 0 Å². The van der Waals surface area contributed by atoms with E-state index in [2.05, 4.69) is 20.8 Å². The molecule has 0 fully saturated rings. The number of aromatic nitrogens is 2. The third-order valence-electron chi connectivity index (χ3n) is 4.44. The van der Waals surface area contributed by atoms with Gasteiger partial charge in [0.1, 0.15) is 0 Å². The zero-order chi connectivity index (χ0) is 16.4. The van der Waals surface area contributed by atoms with Gasteiger partial charge in [0, 0.05) is 17.4 Å². The number of aromatic amines is 1. The lowest BCUT2D eigenvalue weighted by atomic mass is 10.1. The molecule has 24 heavy (non-hydrogen) atoms. The monoisotopic (exact) mass is 328 g/mol. The SMILES string of the molecule is O=C(NCc1n[nH]c2c1CCCCC2)Nc1ccc2c(c1)OCO2. The van der Waals surface area contributed by atoms with E-state index in [0.29, 0.717) is 23.7 Å². The van der Waals surface area contributed by atoms with Crippen LogP contribution in [0.15, 0.2) is 18.2 Å². The highest BCUT2D eigenvalue weighted by Gasteiger charge is 2.17. The summed E-state index contributed by atoms with van der Waals surface area (Å²) >= 11 is 0. The largest absolute Gasteiger partial charge is 0.454 e. The zero-order valence-corrected chi connectivity index (χ0v) is 13.4. The Morgan fingerprint density at radius 3 is 3.00 bits per heavy atom. The highest BCUT2D eigenvalue weighted by molar-refractivity contribution is 5.89. The molecule has 2 aliphatic rings. The zero-order valence-electron chi connectivity index (χ0n) is 13.4. The average Bonchev–Trinajstić information content (AvgIpc) is 3.13. The summed E-state index contributed by atoms with van der Waals surface area (Å²) in [5, 5.41) is 13.1. The van der Waals surface area contributed by atoms with Gasteiger partial charge in [-0.15, -0.1) is 0 Å². The number of urea groups is 1. The number of ether oxygens (including phenoxy) is 2. The van der Waals surface area contributed by atoms with Crippen LogP contribution < -0.4 is 20.1 Å². The average molecular weight is 328 g/mol. The van der Waals surface area contributed by atoms with Crippen LogP contribution in [-0.2, 0) is 19.4 Å². The summed E-state index contributed by atoms with van der Waals surface area (Å²) in [7, 11) is 0. The van der Waals surface area contributed by atoms with E-state index < -0.39 is 0 Å². The van der Waals surface area contributed by atoms with Gasteiger partial charge in [-0.1, -0.05) is 6.42 Å². The van der Waals surface area contributed by atoms with Crippen molar-refractivity contribution in [2.75, 3.05) is 12.1 Å². The Labute approximate surface area is 139 Å². The van der Waals surface area contributed by atoms with Gasteiger partial charge in [0.2, 0.25) is 6.79 Å². The summed E-state index contributed by atoms with van der Waals surface area (Å²) in [6.45, 7) is 0.636. The lowest BCUT2D eigenvalue weighted by Gasteiger charge is -2.08. The number of hydrogen-bond donors (Lipinski definition) is 3. The standard InChI is InChI=1S/C17H20N4O3/c22-17(19-11-6-7-15-16(8-11)24-10-23-15)18-9-14-12-4-2-1-3-5-13(12)20-21-14/h6-8H,1-5,9-10H2,(H,20,21)(H2,18,19,22). The number of hydrogen-bond acceptors (Lipinski definition) is 4. The lowest BCUT2D eigenvalue weighted by molar-refractivity contribution is 0.174. The molecule has 0 saturated carbocycles. The molecule has 0 atom stereocenters. The fourth-order valence-corrected chi connectivity index (χ4v) is 3.19. The highest BCUT2D eigenvalue weighted by Crippen LogP contribution is 2.34. The molecule has 0 bridgehead atoms. The predicted octanol–water partition coefficient (Wildman–Crippen LogP) is 2.73. The van der Waals surface area contributed by atoms with E-state index in [9.17, 15) is 4.79 Å². The van der Waals surface area contributed by atoms with Crippen molar-refractivity contribution in [3.8, 4) is 11.5 Å². The molecule has 1 aliphatic carbocycles. The number of nitrogens with one attached hydrogen (secondary N) is 3. The van der Waals surface area contributed by atoms with Crippen molar-refractivity contribution in [1.29, 1.82) is 0 Å². The van der Waals surface area contributed by atoms with Crippen molar-refractivity contribution >= 4 is 11.7 Å². The number of nitrogens with zero attached hydrogens (tertiary/aromatic N) is 1. The van der Waals surface area contributed by atoms with Gasteiger partial charge in [-0.05, 0) is 43.4 Å². The molecule has 3 N–H and O–H groups in total. The number of carbonyl (C=O) groups is 1. The first-order valence-corrected chi connectivity index (χ1v) is 8.29. The Hall–Kier alpha value is -2.70. The second-order valence-electron chi connectivity index (χ2n) is 6.06. The van der Waals surface area contributed by atoms with Crippen LogP contribution >= 0.6 is 0 Å². The lowest BCUT2D eigenvalue weighted by Crippen LogP contribution is -2.28. The van der Waals surface area contributed by atoms with Gasteiger partial charge in [0.15, 0.2) is 11.5 Å². The van der Waals surface area contributed by atoms with E-state index in [-0.39, 0.29) is 12.8 Å². The molecule has 126 valence electrons. The minimum absolute atomic E-state index is 0.218. The predicted molar refractivity (Wildman–Crippen MR) is 88.3 cm³/mol. The third kappa shape index (κ3) is 3.02. The molecule has 4 rings (SSSR count). The maximum Gasteiger partial charge on any atom is 0.319 e. The van der Waals surface area contributed by atoms with Crippen LogP contribution in [0.25, 0.3) is 0 Å². The summed E-state index contributed by atoms with van der Waals surface area (Å²) in [5.74, 6) is 1.34. The van der Waals surface area contributed by atoms with Gasteiger partial charge < -0.3 is 20.1 Å². The summed E-state index contributed by atoms with van der Waals surface area (Å²) < 4.78 is 10.6. The van der Waals surface area contributed by atoms with Gasteiger partial charge in [0.25, 0.3) is 0 Å². The summed E-state index contributed by atoms with van der Waals surface area (Å²) in [6.07, 6.45) is 5.72. The number of H-pyrrole nitrogens is 1. The van der Waals surface area contributed by atoms with Crippen molar-refractivity contribution in [2.45, 2.75) is 38.6 Å². The molecule has 0 radical (unpaired) electrons. The first-order chi connectivity index (χ1) is 11.8. The molecule has 1 aromatic carbocycles. The van der Waals surface area contributed by atoms with E-state index in [1.165, 1.54) is 30.5 Å². The molecule has 2 amide bonds. The van der Waals surface area contributed by atoms with Gasteiger partial charge >= 0.3 is 6.03 Å². The number of aryl methyl sites for hydroxylation is 1. The van der Waals surface area contributed by atoms with E-state index in [1.54, 1.807) is 18.2 Å². The molecule has 7 nitrogen and oxygen atoms in total. The molecule has 0 spiro atoms. The second-order valence-corrected chi connectivity index (χ2v) is 6.06. The number of anilines is 1. The van der Waals surface area contributed by atoms with Gasteiger partial charge in [-0.2, -0.15) is 5.10 Å². The van der Waals surface area contributed by atoms with Crippen LogP contribution in [0.4, 0.5) is 10.5 Å². The van der Waals surface area contributed by atoms with Crippen LogP contribution in [0.5, 0.6) is 11.5 Å². The summed E-state index contributed by atoms with van der Waals surface area (Å²) in [6, 6.07) is 5.06. The minimum Gasteiger partial charge on any atom is -0.454 e. The quantitative estimate of drug-likeness (QED) is 0.756. The molecule has 1 aromatic heterocycles. The van der Waals surface area contributed by atoms with E-state index in [4.69, 9.17) is 9.47 Å². The Kier molecular flexibility index (Phi) is 3.98. The van der Waals surface area contributed by atoms with Crippen molar-refractivity contribution in [2.24, 2.45) is 0 Å². The van der Waals surface area contributed by atoms with Gasteiger partial charge in [-0.25, -0.2) is 4.79 Å². The van der Waals surface area contributed by atoms with Crippen LogP contribution in [0.3, 0.4) is 0 Å². The van der Waals surface area contributed by atoms with Crippen molar-refractivity contribution < 1.29 is 14.3 Å². The molecular formula is C17H20N4O3. The van der Waals surface area contributed by atoms with Crippen molar-refractivity contribution in [3.05, 3.63) is 35.2 Å². The number of rotatable bonds is 3. The first-order valence-electron chi connectivity index (χ1n) is 8.29. The van der Waals surface area contributed by atoms with Crippen LogP contribution in [0.2, 0.25) is 0 Å². The van der Waals surface area contributed by atoms with E-state index >= 15 is 0 Å². The van der Waals surface area contributed by atoms with E-state index in [0.717, 1.165) is 18.5 Å². The van der Waals surface area contributed by atoms with Crippen LogP contribution in [-0.4, -0.2) is 23.0 Å². The summed E-state index contributed by atoms with van der Waals surface area (Å²) in [4.78, 5) is 12.1. The maximum atomic E-state index is 12.1. The van der Waals surface area contributed by atoms with Crippen LogP contribution in [0, 0.1) is 0 Å². The fraction of sp³-hybridized carbons (Fsp3) is 0.412. The topological polar surface area (TPSA) is 88.3 Å². The summed E-state index contributed by atoms with van der Waals surface area (Å²) in [5.41, 5.74) is 4.10. The number of fused-ring (bicyclic) bond motifs is 2. The minimum atomic E-state index is -0.265. The van der Waals surface area contributed by atoms with Gasteiger partial charge in [0.05, 0.1) is 12.2 Å². The van der Waals surface area contributed by atoms with Crippen LogP contribution in [0.1, 0.15) is 36.2 Å². The Morgan fingerprint density at radius 1 is 1.17 bits per heavy atom. The van der Waals surface area contributed by atoms with Crippen molar-refractivity contribution in [1.82, 2.24) is 15.5 Å². The van der Waals surface area contributed by atoms with Crippen molar-refractivity contribution in [3.63, 3.8) is 0 Å². The molecule has 1 aliphatic heterocycles. The van der Waals surface area contributed by atoms with Gasteiger partial charge in [-0.3, -0.25) is 5.10 Å². The highest BCUT2D eigenvalue weighted by atomic mass is 16.7. The molecule has 2 heterocycles. The molecule has 2 aromatic rings. The smallest absolute Gasteiger partial charge is 0.319 e. The Morgan fingerprint density at radius 2 is 2.04 bits per heavy atom. The molecule has 0 saturated heterocycles. The molecule has 7 heteroatoms. The Bertz CT molecular complexity index is 756. The molecular weight excluding hydrogens is 308 g/mol. The first kappa shape index (κ1) is 14.9. The number of amides is 2. The maximum absolute atomic E-state index is 12.1. The number of carbonyl (C=O) groups excluding carboxylic acids is 1. The second kappa shape index (κ2) is 6.43. The Balaban J connectivity index is 1.36. The normalized spacial score (nSPS) is 15.5. The fourth-order valence-electron chi connectivity index (χ4n) is 3.19. The number of benzene rings is 1. The molecule has 0 unspecified atom stereocenters. The third-order valence-corrected chi connectivity index (χ3v) is 4.44.